The topological polar surface area (TPSA) is 108 Å². The second kappa shape index (κ2) is 12.1. The van der Waals surface area contributed by atoms with Gasteiger partial charge in [0.15, 0.2) is 5.82 Å². The van der Waals surface area contributed by atoms with Gasteiger partial charge < -0.3 is 21.3 Å². The van der Waals surface area contributed by atoms with E-state index < -0.39 is 0 Å². The van der Waals surface area contributed by atoms with Gasteiger partial charge in [-0.2, -0.15) is 0 Å². The molecule has 0 radical (unpaired) electrons. The van der Waals surface area contributed by atoms with Crippen LogP contribution < -0.4 is 21.3 Å². The maximum Gasteiger partial charge on any atom is 0.251 e. The van der Waals surface area contributed by atoms with Gasteiger partial charge in [-0.25, -0.2) is 9.97 Å². The zero-order valence-corrected chi connectivity index (χ0v) is 21.1. The lowest BCUT2D eigenvalue weighted by Crippen LogP contribution is -2.29. The Kier molecular flexibility index (Phi) is 8.98. The predicted octanol–water partition coefficient (Wildman–Crippen LogP) is 3.91. The normalized spacial score (nSPS) is 10.5. The van der Waals surface area contributed by atoms with E-state index in [2.05, 4.69) is 42.2 Å². The van der Waals surface area contributed by atoms with Crippen molar-refractivity contribution in [2.75, 3.05) is 36.8 Å². The molecule has 0 spiro atoms. The Morgan fingerprint density at radius 3 is 2.06 bits per heavy atom. The van der Waals surface area contributed by atoms with Crippen LogP contribution in [0.1, 0.15) is 28.4 Å². The number of halogens is 1. The molecule has 0 bridgehead atoms. The lowest BCUT2D eigenvalue weighted by Gasteiger charge is -2.16. The average Bonchev–Trinajstić information content (AvgIpc) is 2.83. The van der Waals surface area contributed by atoms with Crippen molar-refractivity contribution in [3.8, 4) is 11.4 Å². The van der Waals surface area contributed by atoms with Gasteiger partial charge >= 0.3 is 0 Å². The third-order valence-electron chi connectivity index (χ3n) is 5.09. The maximum atomic E-state index is 12.5. The molecule has 2 aromatic carbocycles. The Morgan fingerprint density at radius 2 is 1.47 bits per heavy atom. The number of carbonyl (C=O) groups is 2. The van der Waals surface area contributed by atoms with Gasteiger partial charge in [-0.15, -0.1) is 0 Å². The fourth-order valence-corrected chi connectivity index (χ4v) is 3.49. The molecule has 9 heteroatoms. The van der Waals surface area contributed by atoms with Gasteiger partial charge in [0.05, 0.1) is 0 Å². The summed E-state index contributed by atoms with van der Waals surface area (Å²) in [6.07, 6.45) is 0. The molecule has 178 valence electrons. The van der Waals surface area contributed by atoms with E-state index in [1.807, 2.05) is 56.3 Å². The van der Waals surface area contributed by atoms with Crippen LogP contribution in [-0.4, -0.2) is 48.0 Å². The molecule has 0 fully saturated rings. The molecule has 3 aromatic rings. The van der Waals surface area contributed by atoms with Crippen molar-refractivity contribution in [1.82, 2.24) is 20.6 Å². The van der Waals surface area contributed by atoms with Gasteiger partial charge in [-0.3, -0.25) is 9.59 Å². The van der Waals surface area contributed by atoms with Gasteiger partial charge in [-0.05, 0) is 37.6 Å². The third-order valence-corrected chi connectivity index (χ3v) is 5.98. The zero-order chi connectivity index (χ0) is 24.5. The van der Waals surface area contributed by atoms with E-state index in [1.54, 1.807) is 6.07 Å². The van der Waals surface area contributed by atoms with Crippen LogP contribution in [0.5, 0.6) is 0 Å². The number of nitrogens with one attached hydrogen (secondary N) is 4. The molecule has 2 amide bonds. The smallest absolute Gasteiger partial charge is 0.251 e. The molecule has 1 aromatic heterocycles. The molecular weight excluding hydrogens is 496 g/mol. The van der Waals surface area contributed by atoms with E-state index in [4.69, 9.17) is 4.98 Å². The summed E-state index contributed by atoms with van der Waals surface area (Å²) >= 11 is 3.45. The SMILES string of the molecule is CC(=O)NCCNc1nc(-c2ccccc2)nc(NCCNC(=O)c2ccc(Br)c(C)c2)c1C. The van der Waals surface area contributed by atoms with Crippen LogP contribution >= 0.6 is 15.9 Å². The standard InChI is InChI=1S/C25H29BrN6O2/c1-16-15-20(9-10-21(16)26)25(34)30-14-13-29-23-17(2)22(28-12-11-27-18(3)33)31-24(32-23)19-7-5-4-6-8-19/h4-10,15H,11-14H2,1-3H3,(H,27,33)(H,30,34)(H2,28,29,31,32). The minimum Gasteiger partial charge on any atom is -0.368 e. The highest BCUT2D eigenvalue weighted by Crippen LogP contribution is 2.25. The molecule has 0 aliphatic carbocycles. The summed E-state index contributed by atoms with van der Waals surface area (Å²) in [5.41, 5.74) is 3.39. The minimum absolute atomic E-state index is 0.0751. The number of amides is 2. The number of rotatable bonds is 10. The highest BCUT2D eigenvalue weighted by molar-refractivity contribution is 9.10. The van der Waals surface area contributed by atoms with Crippen molar-refractivity contribution >= 4 is 39.4 Å². The Hall–Kier alpha value is -3.46. The molecule has 0 aliphatic heterocycles. The van der Waals surface area contributed by atoms with Gasteiger partial charge in [0.2, 0.25) is 5.91 Å². The zero-order valence-electron chi connectivity index (χ0n) is 19.5. The number of hydrogen-bond donors (Lipinski definition) is 4. The summed E-state index contributed by atoms with van der Waals surface area (Å²) in [4.78, 5) is 33.0. The van der Waals surface area contributed by atoms with Crippen LogP contribution in [-0.2, 0) is 4.79 Å². The molecule has 0 saturated carbocycles. The fraction of sp³-hybridized carbons (Fsp3) is 0.280. The van der Waals surface area contributed by atoms with Crippen LogP contribution in [0.15, 0.2) is 53.0 Å². The number of aromatic nitrogens is 2. The molecular formula is C25H29BrN6O2. The summed E-state index contributed by atoms with van der Waals surface area (Å²) in [6, 6.07) is 15.2. The first-order valence-electron chi connectivity index (χ1n) is 11.1. The number of nitrogens with zero attached hydrogens (tertiary/aromatic N) is 2. The number of aryl methyl sites for hydroxylation is 1. The van der Waals surface area contributed by atoms with Crippen molar-refractivity contribution in [3.63, 3.8) is 0 Å². The Morgan fingerprint density at radius 1 is 0.853 bits per heavy atom. The highest BCUT2D eigenvalue weighted by atomic mass is 79.9. The number of benzene rings is 2. The molecule has 8 nitrogen and oxygen atoms in total. The van der Waals surface area contributed by atoms with Crippen LogP contribution in [0.2, 0.25) is 0 Å². The second-order valence-corrected chi connectivity index (χ2v) is 8.65. The average molecular weight is 525 g/mol. The summed E-state index contributed by atoms with van der Waals surface area (Å²) in [5, 5.41) is 12.3. The van der Waals surface area contributed by atoms with Crippen molar-refractivity contribution < 1.29 is 9.59 Å². The van der Waals surface area contributed by atoms with Crippen molar-refractivity contribution in [1.29, 1.82) is 0 Å². The first-order chi connectivity index (χ1) is 16.3. The lowest BCUT2D eigenvalue weighted by atomic mass is 10.1. The fourth-order valence-electron chi connectivity index (χ4n) is 3.24. The van der Waals surface area contributed by atoms with Crippen LogP contribution in [0.25, 0.3) is 11.4 Å². The molecule has 34 heavy (non-hydrogen) atoms. The van der Waals surface area contributed by atoms with E-state index in [0.29, 0.717) is 49.2 Å². The Balaban J connectivity index is 1.67. The monoisotopic (exact) mass is 524 g/mol. The van der Waals surface area contributed by atoms with Gasteiger partial charge in [0.25, 0.3) is 5.91 Å². The molecule has 0 atom stereocenters. The van der Waals surface area contributed by atoms with Crippen LogP contribution in [0.3, 0.4) is 0 Å². The van der Waals surface area contributed by atoms with Crippen molar-refractivity contribution in [3.05, 3.63) is 69.7 Å². The van der Waals surface area contributed by atoms with E-state index in [9.17, 15) is 9.59 Å². The quantitative estimate of drug-likeness (QED) is 0.299. The van der Waals surface area contributed by atoms with Gasteiger partial charge in [0, 0.05) is 54.3 Å². The first-order valence-corrected chi connectivity index (χ1v) is 11.8. The number of hydrogen-bond acceptors (Lipinski definition) is 6. The lowest BCUT2D eigenvalue weighted by molar-refractivity contribution is -0.118. The minimum atomic E-state index is -0.123. The third kappa shape index (κ3) is 7.02. The molecule has 0 saturated heterocycles. The number of anilines is 2. The predicted molar refractivity (Wildman–Crippen MR) is 139 cm³/mol. The largest absolute Gasteiger partial charge is 0.368 e. The van der Waals surface area contributed by atoms with Crippen LogP contribution in [0, 0.1) is 13.8 Å². The second-order valence-electron chi connectivity index (χ2n) is 7.79. The van der Waals surface area contributed by atoms with E-state index >= 15 is 0 Å². The first kappa shape index (κ1) is 25.2. The summed E-state index contributed by atoms with van der Waals surface area (Å²) < 4.78 is 0.973. The molecule has 4 N–H and O–H groups in total. The van der Waals surface area contributed by atoms with Gasteiger partial charge in [-0.1, -0.05) is 46.3 Å². The summed E-state index contributed by atoms with van der Waals surface area (Å²) in [5.74, 6) is 1.77. The Labute approximate surface area is 208 Å². The number of carbonyl (C=O) groups excluding carboxylic acids is 2. The van der Waals surface area contributed by atoms with Crippen molar-refractivity contribution in [2.45, 2.75) is 20.8 Å². The summed E-state index contributed by atoms with van der Waals surface area (Å²) in [6.45, 7) is 7.33. The van der Waals surface area contributed by atoms with Crippen molar-refractivity contribution in [2.24, 2.45) is 0 Å². The maximum absolute atomic E-state index is 12.5. The van der Waals surface area contributed by atoms with E-state index in [-0.39, 0.29) is 11.8 Å². The summed E-state index contributed by atoms with van der Waals surface area (Å²) in [7, 11) is 0. The highest BCUT2D eigenvalue weighted by Gasteiger charge is 2.13. The van der Waals surface area contributed by atoms with E-state index in [0.717, 1.165) is 21.2 Å². The van der Waals surface area contributed by atoms with Crippen LogP contribution in [0.4, 0.5) is 11.6 Å². The molecule has 0 unspecified atom stereocenters. The van der Waals surface area contributed by atoms with E-state index in [1.165, 1.54) is 6.92 Å². The van der Waals surface area contributed by atoms with Gasteiger partial charge in [0.1, 0.15) is 11.6 Å². The molecule has 0 aliphatic rings. The molecule has 1 heterocycles. The Bertz CT molecular complexity index is 1150. The molecule has 3 rings (SSSR count).